The lowest BCUT2D eigenvalue weighted by molar-refractivity contribution is -0.157. The number of carboxylic acid groups (broad SMARTS) is 1. The van der Waals surface area contributed by atoms with Crippen LogP contribution in [0.2, 0.25) is 5.02 Å². The number of esters is 1. The lowest BCUT2D eigenvalue weighted by Gasteiger charge is -2.29. The number of alkyl carbamates (subject to hydrolysis) is 1. The summed E-state index contributed by atoms with van der Waals surface area (Å²) in [5.74, 6) is -1.66. The van der Waals surface area contributed by atoms with Crippen molar-refractivity contribution in [2.24, 2.45) is 0 Å². The van der Waals surface area contributed by atoms with Crippen LogP contribution in [-0.2, 0) is 25.7 Å². The number of nitrogens with one attached hydrogen (secondary N) is 1. The number of aliphatic hydroxyl groups is 1. The summed E-state index contributed by atoms with van der Waals surface area (Å²) < 4.78 is 10.4. The minimum absolute atomic E-state index is 0.0624. The van der Waals surface area contributed by atoms with Crippen molar-refractivity contribution in [2.45, 2.75) is 58.3 Å². The van der Waals surface area contributed by atoms with E-state index in [4.69, 9.17) is 26.2 Å². The highest BCUT2D eigenvalue weighted by Gasteiger charge is 2.25. The molecule has 1 atom stereocenters. The van der Waals surface area contributed by atoms with E-state index in [9.17, 15) is 19.5 Å². The number of carboxylic acids is 1. The molecule has 3 N–H and O–H groups in total. The fraction of sp³-hybridized carbons (Fsp3) is 0.591. The second kappa shape index (κ2) is 13.9. The van der Waals surface area contributed by atoms with Crippen molar-refractivity contribution in [2.75, 3.05) is 26.2 Å². The molecule has 0 heterocycles. The average Bonchev–Trinajstić information content (AvgIpc) is 2.67. The van der Waals surface area contributed by atoms with Gasteiger partial charge in [-0.05, 0) is 39.7 Å². The monoisotopic (exact) mass is 472 g/mol. The zero-order chi connectivity index (χ0) is 24.1. The summed E-state index contributed by atoms with van der Waals surface area (Å²) in [6, 6.07) is 6.55. The van der Waals surface area contributed by atoms with E-state index in [-0.39, 0.29) is 19.8 Å². The third kappa shape index (κ3) is 11.9. The van der Waals surface area contributed by atoms with Crippen molar-refractivity contribution in [3.8, 4) is 0 Å². The first-order chi connectivity index (χ1) is 15.0. The number of benzene rings is 1. The number of hydrogen-bond acceptors (Lipinski definition) is 7. The number of nitrogens with zero attached hydrogens (tertiary/aromatic N) is 1. The van der Waals surface area contributed by atoms with Crippen LogP contribution in [0.4, 0.5) is 4.79 Å². The molecule has 0 aliphatic carbocycles. The van der Waals surface area contributed by atoms with Crippen molar-refractivity contribution in [1.82, 2.24) is 10.2 Å². The largest absolute Gasteiger partial charge is 0.480 e. The predicted molar refractivity (Wildman–Crippen MR) is 119 cm³/mol. The molecule has 0 saturated carbocycles. The Morgan fingerprint density at radius 2 is 1.84 bits per heavy atom. The van der Waals surface area contributed by atoms with Gasteiger partial charge in [0.1, 0.15) is 12.2 Å². The van der Waals surface area contributed by atoms with Gasteiger partial charge in [-0.2, -0.15) is 0 Å². The summed E-state index contributed by atoms with van der Waals surface area (Å²) in [4.78, 5) is 36.5. The molecular formula is C22H33ClN2O7. The molecule has 1 rings (SSSR count). The molecule has 9 nitrogen and oxygen atoms in total. The van der Waals surface area contributed by atoms with E-state index in [1.165, 1.54) is 4.90 Å². The van der Waals surface area contributed by atoms with E-state index in [2.05, 4.69) is 5.32 Å². The predicted octanol–water partition coefficient (Wildman–Crippen LogP) is 2.83. The number of rotatable bonds is 13. The van der Waals surface area contributed by atoms with E-state index in [1.54, 1.807) is 45.0 Å². The van der Waals surface area contributed by atoms with Crippen molar-refractivity contribution < 1.29 is 34.1 Å². The molecule has 32 heavy (non-hydrogen) atoms. The number of carbonyl (C=O) groups is 3. The van der Waals surface area contributed by atoms with Gasteiger partial charge in [-0.15, -0.1) is 0 Å². The molecule has 180 valence electrons. The number of aliphatic hydroxyl groups excluding tert-OH is 1. The normalized spacial score (nSPS) is 12.3. The molecule has 10 heteroatoms. The lowest BCUT2D eigenvalue weighted by atomic mass is 10.1. The Morgan fingerprint density at radius 1 is 1.16 bits per heavy atom. The van der Waals surface area contributed by atoms with Crippen LogP contribution in [0, 0.1) is 0 Å². The molecular weight excluding hydrogens is 440 g/mol. The number of ether oxygens (including phenoxy) is 2. The quantitative estimate of drug-likeness (QED) is 0.295. The molecule has 0 radical (unpaired) electrons. The number of amides is 1. The van der Waals surface area contributed by atoms with Gasteiger partial charge in [0.05, 0.1) is 19.7 Å². The van der Waals surface area contributed by atoms with Crippen LogP contribution >= 0.6 is 11.6 Å². The summed E-state index contributed by atoms with van der Waals surface area (Å²) in [7, 11) is 0. The summed E-state index contributed by atoms with van der Waals surface area (Å²) in [5.41, 5.74) is 0.0194. The molecule has 1 aromatic carbocycles. The van der Waals surface area contributed by atoms with E-state index in [0.717, 1.165) is 0 Å². The standard InChI is InChI=1S/C22H33ClN2O7/c1-22(2,3)32-20(29)13-25(12-19(27)28)17(14-26)9-6-7-11-24-21(30)31-15-16-8-4-5-10-18(16)23/h4-5,8,10,17,26H,6-7,9,11-15H2,1-3H3,(H,24,30)(H,27,28)/t17-/m0/s1. The zero-order valence-corrected chi connectivity index (χ0v) is 19.6. The first kappa shape index (κ1) is 27.7. The number of aliphatic carboxylic acids is 1. The van der Waals surface area contributed by atoms with Gasteiger partial charge in [-0.25, -0.2) is 4.79 Å². The topological polar surface area (TPSA) is 125 Å². The van der Waals surface area contributed by atoms with Crippen molar-refractivity contribution in [1.29, 1.82) is 0 Å². The molecule has 1 aromatic rings. The first-order valence-electron chi connectivity index (χ1n) is 10.4. The van der Waals surface area contributed by atoms with Crippen LogP contribution in [0.5, 0.6) is 0 Å². The van der Waals surface area contributed by atoms with Crippen molar-refractivity contribution in [3.63, 3.8) is 0 Å². The second-order valence-corrected chi connectivity index (χ2v) is 8.72. The summed E-state index contributed by atoms with van der Waals surface area (Å²) in [6.07, 6.45) is 1.06. The Kier molecular flexibility index (Phi) is 12.0. The van der Waals surface area contributed by atoms with E-state index in [1.807, 2.05) is 0 Å². The van der Waals surface area contributed by atoms with Gasteiger partial charge < -0.3 is 25.0 Å². The third-order valence-electron chi connectivity index (χ3n) is 4.37. The molecule has 0 saturated heterocycles. The molecule has 0 unspecified atom stereocenters. The number of halogens is 1. The fourth-order valence-electron chi connectivity index (χ4n) is 2.92. The minimum Gasteiger partial charge on any atom is -0.480 e. The molecule has 0 spiro atoms. The molecule has 0 aliphatic rings. The lowest BCUT2D eigenvalue weighted by Crippen LogP contribution is -2.45. The van der Waals surface area contributed by atoms with Crippen LogP contribution in [0.1, 0.15) is 45.6 Å². The fourth-order valence-corrected chi connectivity index (χ4v) is 3.11. The summed E-state index contributed by atoms with van der Waals surface area (Å²) in [6.45, 7) is 4.66. The summed E-state index contributed by atoms with van der Waals surface area (Å²) in [5, 5.41) is 22.0. The highest BCUT2D eigenvalue weighted by atomic mass is 35.5. The number of hydrogen-bond donors (Lipinski definition) is 3. The van der Waals surface area contributed by atoms with E-state index < -0.39 is 36.2 Å². The van der Waals surface area contributed by atoms with Crippen molar-refractivity contribution >= 4 is 29.6 Å². The number of unbranched alkanes of at least 4 members (excludes halogenated alkanes) is 1. The van der Waals surface area contributed by atoms with Crippen LogP contribution < -0.4 is 5.32 Å². The van der Waals surface area contributed by atoms with Crippen molar-refractivity contribution in [3.05, 3.63) is 34.9 Å². The Morgan fingerprint density at radius 3 is 2.44 bits per heavy atom. The number of carbonyl (C=O) groups excluding carboxylic acids is 2. The smallest absolute Gasteiger partial charge is 0.407 e. The molecule has 0 aromatic heterocycles. The first-order valence-corrected chi connectivity index (χ1v) is 10.8. The molecule has 0 fully saturated rings. The highest BCUT2D eigenvalue weighted by Crippen LogP contribution is 2.16. The SMILES string of the molecule is CC(C)(C)OC(=O)CN(CC(=O)O)[C@H](CO)CCCCNC(=O)OCc1ccccc1Cl. The van der Waals surface area contributed by atoms with Gasteiger partial charge in [0.25, 0.3) is 0 Å². The summed E-state index contributed by atoms with van der Waals surface area (Å²) >= 11 is 6.01. The maximum atomic E-state index is 12.1. The van der Waals surface area contributed by atoms with Gasteiger partial charge in [0.2, 0.25) is 0 Å². The van der Waals surface area contributed by atoms with Gasteiger partial charge in [-0.3, -0.25) is 14.5 Å². The van der Waals surface area contributed by atoms with Gasteiger partial charge >= 0.3 is 18.0 Å². The second-order valence-electron chi connectivity index (χ2n) is 8.31. The Balaban J connectivity index is 2.40. The van der Waals surface area contributed by atoms with Crippen LogP contribution in [-0.4, -0.2) is 71.0 Å². The molecule has 1 amide bonds. The maximum absolute atomic E-state index is 12.1. The Bertz CT molecular complexity index is 752. The Labute approximate surface area is 193 Å². The molecule has 0 aliphatic heterocycles. The van der Waals surface area contributed by atoms with Crippen LogP contribution in [0.25, 0.3) is 0 Å². The van der Waals surface area contributed by atoms with Crippen LogP contribution in [0.3, 0.4) is 0 Å². The highest BCUT2D eigenvalue weighted by molar-refractivity contribution is 6.31. The average molecular weight is 473 g/mol. The van der Waals surface area contributed by atoms with Gasteiger partial charge in [0, 0.05) is 23.2 Å². The van der Waals surface area contributed by atoms with Crippen LogP contribution in [0.15, 0.2) is 24.3 Å². The zero-order valence-electron chi connectivity index (χ0n) is 18.8. The third-order valence-corrected chi connectivity index (χ3v) is 4.74. The maximum Gasteiger partial charge on any atom is 0.407 e. The minimum atomic E-state index is -1.10. The van der Waals surface area contributed by atoms with Gasteiger partial charge in [0.15, 0.2) is 0 Å². The van der Waals surface area contributed by atoms with Gasteiger partial charge in [-0.1, -0.05) is 36.2 Å². The Hall–Kier alpha value is -2.36. The van der Waals surface area contributed by atoms with E-state index in [0.29, 0.717) is 36.4 Å². The van der Waals surface area contributed by atoms with E-state index >= 15 is 0 Å². The molecule has 0 bridgehead atoms.